The second kappa shape index (κ2) is 5.05. The maximum Gasteiger partial charge on any atom is 0.264 e. The first-order valence-electron chi connectivity index (χ1n) is 8.43. The van der Waals surface area contributed by atoms with Gasteiger partial charge in [0.1, 0.15) is 4.83 Å². The molecular weight excluding hydrogens is 308 g/mol. The van der Waals surface area contributed by atoms with Crippen LogP contribution < -0.4 is 16.8 Å². The molecule has 2 heterocycles. The van der Waals surface area contributed by atoms with Crippen molar-refractivity contribution in [3.05, 3.63) is 20.8 Å². The molecule has 3 N–H and O–H groups in total. The average molecular weight is 332 g/mol. The topological polar surface area (TPSA) is 72.9 Å². The van der Waals surface area contributed by atoms with Gasteiger partial charge in [0.2, 0.25) is 5.95 Å². The summed E-state index contributed by atoms with van der Waals surface area (Å²) in [6.07, 6.45) is 5.30. The van der Waals surface area contributed by atoms with E-state index in [2.05, 4.69) is 31.2 Å². The third kappa shape index (κ3) is 2.39. The molecule has 0 aliphatic heterocycles. The Morgan fingerprint density at radius 2 is 2.04 bits per heavy atom. The minimum absolute atomic E-state index is 0.0946. The Kier molecular flexibility index (Phi) is 3.32. The van der Waals surface area contributed by atoms with E-state index in [4.69, 9.17) is 5.84 Å². The first-order chi connectivity index (χ1) is 10.9. The molecule has 1 saturated carbocycles. The summed E-state index contributed by atoms with van der Waals surface area (Å²) >= 11 is 1.68. The SMILES string of the molecule is CC(C)(C)C1CCc2c(sc3nc(NN)n(C4CC4)c(=O)c23)C1. The Bertz CT molecular complexity index is 826. The lowest BCUT2D eigenvalue weighted by atomic mass is 9.72. The van der Waals surface area contributed by atoms with Gasteiger partial charge in [-0.2, -0.15) is 0 Å². The van der Waals surface area contributed by atoms with Crippen LogP contribution in [0, 0.1) is 11.3 Å². The number of nitrogens with two attached hydrogens (primary N) is 1. The normalized spacial score (nSPS) is 21.5. The molecule has 5 nitrogen and oxygen atoms in total. The number of nitrogens with one attached hydrogen (secondary N) is 1. The highest BCUT2D eigenvalue weighted by atomic mass is 32.1. The summed E-state index contributed by atoms with van der Waals surface area (Å²) in [5.41, 5.74) is 4.27. The number of hydrogen-bond acceptors (Lipinski definition) is 5. The van der Waals surface area contributed by atoms with Crippen LogP contribution in [-0.2, 0) is 12.8 Å². The Morgan fingerprint density at radius 1 is 1.30 bits per heavy atom. The minimum atomic E-state index is 0.0946. The highest BCUT2D eigenvalue weighted by Gasteiger charge is 2.34. The fraction of sp³-hybridized carbons (Fsp3) is 0.647. The highest BCUT2D eigenvalue weighted by Crippen LogP contribution is 2.43. The molecule has 0 radical (unpaired) electrons. The Hall–Kier alpha value is -1.40. The van der Waals surface area contributed by atoms with Gasteiger partial charge >= 0.3 is 0 Å². The highest BCUT2D eigenvalue weighted by molar-refractivity contribution is 7.18. The van der Waals surface area contributed by atoms with Crippen LogP contribution in [0.3, 0.4) is 0 Å². The second-order valence-electron chi connectivity index (χ2n) is 7.98. The van der Waals surface area contributed by atoms with Gasteiger partial charge in [0.15, 0.2) is 0 Å². The number of aromatic nitrogens is 2. The number of nitrogen functional groups attached to an aromatic ring is 1. The van der Waals surface area contributed by atoms with Gasteiger partial charge < -0.3 is 0 Å². The predicted molar refractivity (Wildman–Crippen MR) is 94.9 cm³/mol. The van der Waals surface area contributed by atoms with Crippen LogP contribution in [0.25, 0.3) is 10.2 Å². The van der Waals surface area contributed by atoms with Gasteiger partial charge in [-0.25, -0.2) is 10.8 Å². The Labute approximate surface area is 139 Å². The molecule has 6 heteroatoms. The lowest BCUT2D eigenvalue weighted by Crippen LogP contribution is -2.28. The summed E-state index contributed by atoms with van der Waals surface area (Å²) in [5.74, 6) is 6.79. The summed E-state index contributed by atoms with van der Waals surface area (Å²) in [6.45, 7) is 6.93. The molecular formula is C17H24N4OS. The van der Waals surface area contributed by atoms with Gasteiger partial charge in [0.05, 0.1) is 5.39 Å². The molecule has 2 aromatic rings. The number of thiophene rings is 1. The monoisotopic (exact) mass is 332 g/mol. The number of hydrazine groups is 1. The second-order valence-corrected chi connectivity index (χ2v) is 9.06. The van der Waals surface area contributed by atoms with Crippen molar-refractivity contribution in [2.75, 3.05) is 5.43 Å². The summed E-state index contributed by atoms with van der Waals surface area (Å²) in [5, 5.41) is 0.850. The zero-order chi connectivity index (χ0) is 16.4. The van der Waals surface area contributed by atoms with Crippen molar-refractivity contribution in [1.82, 2.24) is 9.55 Å². The lowest BCUT2D eigenvalue weighted by molar-refractivity contribution is 0.218. The third-order valence-electron chi connectivity index (χ3n) is 5.38. The van der Waals surface area contributed by atoms with E-state index in [1.165, 1.54) is 10.4 Å². The van der Waals surface area contributed by atoms with E-state index in [1.54, 1.807) is 15.9 Å². The van der Waals surface area contributed by atoms with Crippen LogP contribution in [0.5, 0.6) is 0 Å². The summed E-state index contributed by atoms with van der Waals surface area (Å²) in [7, 11) is 0. The van der Waals surface area contributed by atoms with Crippen LogP contribution >= 0.6 is 11.3 Å². The molecule has 2 aliphatic carbocycles. The van der Waals surface area contributed by atoms with Crippen molar-refractivity contribution < 1.29 is 0 Å². The fourth-order valence-electron chi connectivity index (χ4n) is 3.75. The Balaban J connectivity index is 1.88. The number of nitrogens with zero attached hydrogens (tertiary/aromatic N) is 2. The van der Waals surface area contributed by atoms with Crippen LogP contribution in [0.1, 0.15) is 56.5 Å². The smallest absolute Gasteiger partial charge is 0.264 e. The molecule has 1 atom stereocenters. The van der Waals surface area contributed by atoms with Gasteiger partial charge in [-0.3, -0.25) is 14.8 Å². The lowest BCUT2D eigenvalue weighted by Gasteiger charge is -2.33. The van der Waals surface area contributed by atoms with Crippen molar-refractivity contribution >= 4 is 27.5 Å². The maximum absolute atomic E-state index is 13.0. The number of hydrogen-bond donors (Lipinski definition) is 2. The van der Waals surface area contributed by atoms with E-state index < -0.39 is 0 Å². The zero-order valence-electron chi connectivity index (χ0n) is 14.0. The average Bonchev–Trinajstić information content (AvgIpc) is 3.25. The Morgan fingerprint density at radius 3 is 2.65 bits per heavy atom. The predicted octanol–water partition coefficient (Wildman–Crippen LogP) is 3.23. The zero-order valence-corrected chi connectivity index (χ0v) is 14.8. The van der Waals surface area contributed by atoms with Crippen molar-refractivity contribution in [2.45, 2.75) is 58.9 Å². The van der Waals surface area contributed by atoms with Gasteiger partial charge in [-0.1, -0.05) is 20.8 Å². The molecule has 0 bridgehead atoms. The molecule has 1 fully saturated rings. The van der Waals surface area contributed by atoms with Crippen molar-refractivity contribution in [2.24, 2.45) is 17.2 Å². The molecule has 124 valence electrons. The van der Waals surface area contributed by atoms with Crippen LogP contribution in [0.4, 0.5) is 5.95 Å². The summed E-state index contributed by atoms with van der Waals surface area (Å²) in [6, 6.07) is 0.270. The van der Waals surface area contributed by atoms with E-state index in [0.717, 1.165) is 42.3 Å². The molecule has 4 rings (SSSR count). The van der Waals surface area contributed by atoms with Crippen LogP contribution in [-0.4, -0.2) is 9.55 Å². The number of anilines is 1. The first kappa shape index (κ1) is 15.1. The maximum atomic E-state index is 13.0. The van der Waals surface area contributed by atoms with Gasteiger partial charge in [0, 0.05) is 10.9 Å². The largest absolute Gasteiger partial charge is 0.294 e. The number of fused-ring (bicyclic) bond motifs is 3. The van der Waals surface area contributed by atoms with E-state index in [-0.39, 0.29) is 11.6 Å². The van der Waals surface area contributed by atoms with E-state index >= 15 is 0 Å². The molecule has 1 unspecified atom stereocenters. The van der Waals surface area contributed by atoms with Gasteiger partial charge in [-0.05, 0) is 49.0 Å². The van der Waals surface area contributed by atoms with E-state index in [1.807, 2.05) is 0 Å². The quantitative estimate of drug-likeness (QED) is 0.654. The van der Waals surface area contributed by atoms with Gasteiger partial charge in [0.25, 0.3) is 5.56 Å². The standard InChI is InChI=1S/C17H24N4OS/c1-17(2,3)9-4-7-11-12(8-9)23-14-13(11)15(22)21(10-5-6-10)16(19-14)20-18/h9-10H,4-8,18H2,1-3H3,(H,19,20). The molecule has 2 aliphatic rings. The minimum Gasteiger partial charge on any atom is -0.294 e. The molecule has 0 spiro atoms. The fourth-order valence-corrected chi connectivity index (χ4v) is 5.04. The van der Waals surface area contributed by atoms with E-state index in [9.17, 15) is 4.79 Å². The third-order valence-corrected chi connectivity index (χ3v) is 6.53. The number of rotatable bonds is 2. The van der Waals surface area contributed by atoms with Crippen molar-refractivity contribution in [3.8, 4) is 0 Å². The summed E-state index contributed by atoms with van der Waals surface area (Å²) < 4.78 is 1.77. The molecule has 0 aromatic carbocycles. The van der Waals surface area contributed by atoms with Crippen LogP contribution in [0.15, 0.2) is 4.79 Å². The van der Waals surface area contributed by atoms with Crippen LogP contribution in [0.2, 0.25) is 0 Å². The number of aryl methyl sites for hydroxylation is 1. The molecule has 2 aromatic heterocycles. The summed E-state index contributed by atoms with van der Waals surface area (Å²) in [4.78, 5) is 19.9. The van der Waals surface area contributed by atoms with Crippen molar-refractivity contribution in [1.29, 1.82) is 0 Å². The van der Waals surface area contributed by atoms with Gasteiger partial charge in [-0.15, -0.1) is 11.3 Å². The van der Waals surface area contributed by atoms with Crippen molar-refractivity contribution in [3.63, 3.8) is 0 Å². The first-order valence-corrected chi connectivity index (χ1v) is 9.25. The molecule has 0 amide bonds. The van der Waals surface area contributed by atoms with E-state index in [0.29, 0.717) is 17.3 Å². The molecule has 23 heavy (non-hydrogen) atoms. The molecule has 0 saturated heterocycles.